The van der Waals surface area contributed by atoms with Crippen molar-refractivity contribution in [3.05, 3.63) is 58.9 Å². The zero-order chi connectivity index (χ0) is 18.7. The van der Waals surface area contributed by atoms with Crippen LogP contribution in [-0.4, -0.2) is 22.2 Å². The van der Waals surface area contributed by atoms with E-state index >= 15 is 0 Å². The van der Waals surface area contributed by atoms with E-state index in [1.54, 1.807) is 0 Å². The Hall–Kier alpha value is -2.38. The van der Waals surface area contributed by atoms with Crippen molar-refractivity contribution < 1.29 is 14.0 Å². The average Bonchev–Trinajstić information content (AvgIpc) is 2.60. The minimum atomic E-state index is -0.642. The molecule has 1 aliphatic rings. The number of nitrogens with one attached hydrogen (secondary N) is 2. The first-order valence-electron chi connectivity index (χ1n) is 7.78. The second-order valence-electron chi connectivity index (χ2n) is 5.73. The molecule has 0 radical (unpaired) electrons. The Morgan fingerprint density at radius 2 is 2.04 bits per heavy atom. The maximum absolute atomic E-state index is 13.2. The van der Waals surface area contributed by atoms with Crippen molar-refractivity contribution in [2.75, 3.05) is 5.32 Å². The molecule has 0 spiro atoms. The van der Waals surface area contributed by atoms with E-state index in [2.05, 4.69) is 15.6 Å². The molecule has 2 aromatic carbocycles. The van der Waals surface area contributed by atoms with Gasteiger partial charge in [0.1, 0.15) is 11.1 Å². The minimum absolute atomic E-state index is 0.0261. The third-order valence-corrected chi connectivity index (χ3v) is 4.99. The van der Waals surface area contributed by atoms with Crippen LogP contribution in [0.1, 0.15) is 12.0 Å². The number of nitrogens with zero attached hydrogens (tertiary/aromatic N) is 1. The van der Waals surface area contributed by atoms with Crippen molar-refractivity contribution in [2.24, 2.45) is 4.99 Å². The Morgan fingerprint density at radius 1 is 1.31 bits per heavy atom. The van der Waals surface area contributed by atoms with Gasteiger partial charge in [0.05, 0.1) is 10.7 Å². The highest BCUT2D eigenvalue weighted by Gasteiger charge is 2.30. The Balaban J connectivity index is 1.72. The van der Waals surface area contributed by atoms with Gasteiger partial charge in [0, 0.05) is 12.1 Å². The molecule has 0 unspecified atom stereocenters. The fraction of sp³-hybridized carbons (Fsp3) is 0.167. The standard InChI is InChI=1S/C18H15ClFN3O2S/c1-10-2-4-11(5-3-10)22-18-23-16(24)9-15(26-18)17(25)21-12-6-7-14(20)13(19)8-12/h2-8,15H,9H2,1H3,(H,21,25)(H,22,23,24)/t15-/m0/s1. The van der Waals surface area contributed by atoms with Crippen LogP contribution in [-0.2, 0) is 9.59 Å². The molecule has 3 rings (SSSR count). The van der Waals surface area contributed by atoms with Crippen molar-refractivity contribution >= 4 is 51.7 Å². The number of rotatable bonds is 3. The summed E-state index contributed by atoms with van der Waals surface area (Å²) in [6.45, 7) is 1.97. The molecule has 1 fully saturated rings. The van der Waals surface area contributed by atoms with Gasteiger partial charge in [-0.3, -0.25) is 9.59 Å². The Labute approximate surface area is 159 Å². The summed E-state index contributed by atoms with van der Waals surface area (Å²) in [6.07, 6.45) is 0.0261. The molecule has 1 saturated heterocycles. The van der Waals surface area contributed by atoms with Crippen LogP contribution in [0.15, 0.2) is 47.5 Å². The van der Waals surface area contributed by atoms with Crippen molar-refractivity contribution in [3.8, 4) is 0 Å². The van der Waals surface area contributed by atoms with Gasteiger partial charge in [-0.2, -0.15) is 0 Å². The lowest BCUT2D eigenvalue weighted by Crippen LogP contribution is -2.41. The van der Waals surface area contributed by atoms with Gasteiger partial charge in [-0.1, -0.05) is 41.1 Å². The van der Waals surface area contributed by atoms with Crippen LogP contribution in [0.2, 0.25) is 5.02 Å². The lowest BCUT2D eigenvalue weighted by molar-refractivity contribution is -0.123. The van der Waals surface area contributed by atoms with E-state index in [1.807, 2.05) is 31.2 Å². The summed E-state index contributed by atoms with van der Waals surface area (Å²) in [5.74, 6) is -1.22. The first-order valence-corrected chi connectivity index (χ1v) is 9.04. The maximum Gasteiger partial charge on any atom is 0.238 e. The summed E-state index contributed by atoms with van der Waals surface area (Å²) in [6, 6.07) is 11.4. The van der Waals surface area contributed by atoms with Gasteiger partial charge in [-0.25, -0.2) is 9.38 Å². The lowest BCUT2D eigenvalue weighted by Gasteiger charge is -2.22. The second-order valence-corrected chi connectivity index (χ2v) is 7.33. The monoisotopic (exact) mass is 391 g/mol. The van der Waals surface area contributed by atoms with Crippen LogP contribution in [0.4, 0.5) is 15.8 Å². The predicted octanol–water partition coefficient (Wildman–Crippen LogP) is 4.04. The van der Waals surface area contributed by atoms with Crippen molar-refractivity contribution in [1.29, 1.82) is 0 Å². The largest absolute Gasteiger partial charge is 0.325 e. The van der Waals surface area contributed by atoms with Gasteiger partial charge < -0.3 is 10.6 Å². The Kier molecular flexibility index (Phi) is 5.58. The number of hydrogen-bond donors (Lipinski definition) is 2. The molecule has 8 heteroatoms. The number of amides is 2. The van der Waals surface area contributed by atoms with Crippen LogP contribution in [0.5, 0.6) is 0 Å². The molecule has 0 aromatic heterocycles. The number of thioether (sulfide) groups is 1. The summed E-state index contributed by atoms with van der Waals surface area (Å²) >= 11 is 6.88. The number of aryl methyl sites for hydroxylation is 1. The van der Waals surface area contributed by atoms with E-state index in [4.69, 9.17) is 11.6 Å². The third kappa shape index (κ3) is 4.62. The quantitative estimate of drug-likeness (QED) is 0.829. The highest BCUT2D eigenvalue weighted by atomic mass is 35.5. The van der Waals surface area contributed by atoms with E-state index in [0.717, 1.165) is 5.56 Å². The van der Waals surface area contributed by atoms with Crippen LogP contribution in [0, 0.1) is 12.7 Å². The second kappa shape index (κ2) is 7.88. The van der Waals surface area contributed by atoms with Gasteiger partial charge in [0.2, 0.25) is 11.8 Å². The molecule has 2 amide bonds. The fourth-order valence-corrected chi connectivity index (χ4v) is 3.46. The lowest BCUT2D eigenvalue weighted by atomic mass is 10.2. The number of anilines is 1. The SMILES string of the molecule is Cc1ccc(N=C2NC(=O)C[C@@H](C(=O)Nc3ccc(F)c(Cl)c3)S2)cc1. The van der Waals surface area contributed by atoms with Crippen LogP contribution in [0.3, 0.4) is 0 Å². The van der Waals surface area contributed by atoms with Gasteiger partial charge >= 0.3 is 0 Å². The molecule has 1 atom stereocenters. The molecule has 0 saturated carbocycles. The van der Waals surface area contributed by atoms with Crippen molar-refractivity contribution in [3.63, 3.8) is 0 Å². The molecular formula is C18H15ClFN3O2S. The number of carbonyl (C=O) groups excluding carboxylic acids is 2. The summed E-state index contributed by atoms with van der Waals surface area (Å²) in [7, 11) is 0. The van der Waals surface area contributed by atoms with Crippen molar-refractivity contribution in [2.45, 2.75) is 18.6 Å². The first-order chi connectivity index (χ1) is 12.4. The maximum atomic E-state index is 13.2. The summed E-state index contributed by atoms with van der Waals surface area (Å²) in [4.78, 5) is 28.7. The molecule has 2 aromatic rings. The van der Waals surface area contributed by atoms with Crippen molar-refractivity contribution in [1.82, 2.24) is 5.32 Å². The Bertz CT molecular complexity index is 887. The Morgan fingerprint density at radius 3 is 2.73 bits per heavy atom. The van der Waals surface area contributed by atoms with E-state index in [9.17, 15) is 14.0 Å². The van der Waals surface area contributed by atoms with Crippen LogP contribution in [0.25, 0.3) is 0 Å². The van der Waals surface area contributed by atoms with E-state index in [-0.39, 0.29) is 23.3 Å². The first kappa shape index (κ1) is 18.4. The summed E-state index contributed by atoms with van der Waals surface area (Å²) in [5.41, 5.74) is 2.15. The number of halogens is 2. The fourth-order valence-electron chi connectivity index (χ4n) is 2.28. The van der Waals surface area contributed by atoms with Crippen LogP contribution < -0.4 is 10.6 Å². The summed E-state index contributed by atoms with van der Waals surface area (Å²) < 4.78 is 13.2. The minimum Gasteiger partial charge on any atom is -0.325 e. The highest BCUT2D eigenvalue weighted by molar-refractivity contribution is 8.15. The zero-order valence-electron chi connectivity index (χ0n) is 13.8. The van der Waals surface area contributed by atoms with E-state index in [0.29, 0.717) is 16.5 Å². The number of hydrogen-bond acceptors (Lipinski definition) is 4. The zero-order valence-corrected chi connectivity index (χ0v) is 15.3. The number of aliphatic imine (C=N–C) groups is 1. The molecule has 2 N–H and O–H groups in total. The molecule has 5 nitrogen and oxygen atoms in total. The normalized spacial score (nSPS) is 18.5. The van der Waals surface area contributed by atoms with Gasteiger partial charge in [-0.15, -0.1) is 0 Å². The highest BCUT2D eigenvalue weighted by Crippen LogP contribution is 2.26. The number of carbonyl (C=O) groups is 2. The molecule has 0 bridgehead atoms. The number of benzene rings is 2. The number of amidine groups is 1. The van der Waals surface area contributed by atoms with E-state index < -0.39 is 11.1 Å². The topological polar surface area (TPSA) is 70.6 Å². The molecule has 1 aliphatic heterocycles. The van der Waals surface area contributed by atoms with E-state index in [1.165, 1.54) is 30.0 Å². The average molecular weight is 392 g/mol. The van der Waals surface area contributed by atoms with Gasteiger partial charge in [0.25, 0.3) is 0 Å². The molecular weight excluding hydrogens is 377 g/mol. The molecule has 134 valence electrons. The molecule has 1 heterocycles. The third-order valence-electron chi connectivity index (χ3n) is 3.62. The smallest absolute Gasteiger partial charge is 0.238 e. The van der Waals surface area contributed by atoms with Gasteiger partial charge in [-0.05, 0) is 37.3 Å². The molecule has 0 aliphatic carbocycles. The van der Waals surface area contributed by atoms with Gasteiger partial charge in [0.15, 0.2) is 5.17 Å². The molecule has 26 heavy (non-hydrogen) atoms. The predicted molar refractivity (Wildman–Crippen MR) is 102 cm³/mol. The summed E-state index contributed by atoms with van der Waals surface area (Å²) in [5, 5.41) is 4.95. The van der Waals surface area contributed by atoms with Crippen LogP contribution >= 0.6 is 23.4 Å².